The van der Waals surface area contributed by atoms with E-state index in [0.29, 0.717) is 0 Å². The topological polar surface area (TPSA) is 18.5 Å². The van der Waals surface area contributed by atoms with E-state index in [1.807, 2.05) is 0 Å². The van der Waals surface area contributed by atoms with Gasteiger partial charge in [-0.1, -0.05) is 42.5 Å². The van der Waals surface area contributed by atoms with E-state index < -0.39 is 0 Å². The Balaban J connectivity index is 1.73. The fourth-order valence-corrected chi connectivity index (χ4v) is 4.00. The summed E-state index contributed by atoms with van der Waals surface area (Å²) in [6.45, 7) is 8.35. The molecule has 0 unspecified atom stereocenters. The van der Waals surface area contributed by atoms with Crippen molar-refractivity contribution < 1.29 is 9.31 Å². The van der Waals surface area contributed by atoms with Crippen LogP contribution in [-0.2, 0) is 9.31 Å². The van der Waals surface area contributed by atoms with E-state index in [2.05, 4.69) is 81.6 Å². The number of hydrogen-bond donors (Lipinski definition) is 0. The molecule has 122 valence electrons. The Morgan fingerprint density at radius 3 is 2.33 bits per heavy atom. The van der Waals surface area contributed by atoms with Gasteiger partial charge in [0, 0.05) is 15.6 Å². The highest BCUT2D eigenvalue weighted by atomic mass is 32.1. The van der Waals surface area contributed by atoms with Gasteiger partial charge in [-0.05, 0) is 50.2 Å². The molecule has 0 spiro atoms. The van der Waals surface area contributed by atoms with E-state index in [1.165, 1.54) is 21.2 Å². The molecule has 0 bridgehead atoms. The van der Waals surface area contributed by atoms with E-state index in [0.717, 1.165) is 5.46 Å². The summed E-state index contributed by atoms with van der Waals surface area (Å²) in [6.07, 6.45) is 0. The lowest BCUT2D eigenvalue weighted by molar-refractivity contribution is 0.00578. The summed E-state index contributed by atoms with van der Waals surface area (Å²) in [7, 11) is -0.320. The molecule has 2 nitrogen and oxygen atoms in total. The first-order chi connectivity index (χ1) is 11.4. The maximum Gasteiger partial charge on any atom is 0.494 e. The first-order valence-corrected chi connectivity index (χ1v) is 9.18. The first-order valence-electron chi connectivity index (χ1n) is 8.30. The zero-order valence-electron chi connectivity index (χ0n) is 14.5. The van der Waals surface area contributed by atoms with Crippen LogP contribution in [-0.4, -0.2) is 18.3 Å². The van der Waals surface area contributed by atoms with Gasteiger partial charge in [0.25, 0.3) is 0 Å². The van der Waals surface area contributed by atoms with Crippen LogP contribution in [0, 0.1) is 0 Å². The molecule has 3 aromatic rings. The lowest BCUT2D eigenvalue weighted by atomic mass is 9.78. The minimum absolute atomic E-state index is 0.317. The predicted octanol–water partition coefficient (Wildman–Crippen LogP) is 4.87. The molecule has 0 N–H and O–H groups in total. The SMILES string of the molecule is CC1(C)OB(c2cccc(-c3csc4ccccc34)c2)OC1(C)C. The Morgan fingerprint density at radius 2 is 1.58 bits per heavy atom. The number of fused-ring (bicyclic) bond motifs is 1. The normalized spacial score (nSPS) is 19.1. The Hall–Kier alpha value is -1.62. The molecule has 1 aromatic heterocycles. The number of thiophene rings is 1. The van der Waals surface area contributed by atoms with Crippen LogP contribution in [0.15, 0.2) is 53.9 Å². The second-order valence-corrected chi connectivity index (χ2v) is 8.27. The highest BCUT2D eigenvalue weighted by molar-refractivity contribution is 7.17. The largest absolute Gasteiger partial charge is 0.494 e. The molecule has 4 heteroatoms. The standard InChI is InChI=1S/C20H21BO2S/c1-19(2)20(3,4)23-21(22-19)15-9-7-8-14(12-15)17-13-24-18-11-6-5-10-16(17)18/h5-13H,1-4H3. The summed E-state index contributed by atoms with van der Waals surface area (Å²) >= 11 is 1.78. The quantitative estimate of drug-likeness (QED) is 0.622. The van der Waals surface area contributed by atoms with Crippen molar-refractivity contribution in [1.29, 1.82) is 0 Å². The predicted molar refractivity (Wildman–Crippen MR) is 103 cm³/mol. The third kappa shape index (κ3) is 2.50. The molecule has 0 atom stereocenters. The van der Waals surface area contributed by atoms with Crippen molar-refractivity contribution in [1.82, 2.24) is 0 Å². The zero-order chi connectivity index (χ0) is 16.9. The smallest absolute Gasteiger partial charge is 0.399 e. The van der Waals surface area contributed by atoms with Gasteiger partial charge in [0.1, 0.15) is 0 Å². The van der Waals surface area contributed by atoms with Crippen molar-refractivity contribution in [3.8, 4) is 11.1 Å². The van der Waals surface area contributed by atoms with Crippen LogP contribution in [0.3, 0.4) is 0 Å². The molecule has 1 saturated heterocycles. The molecule has 1 aliphatic heterocycles. The third-order valence-electron chi connectivity index (χ3n) is 5.20. The van der Waals surface area contributed by atoms with E-state index in [-0.39, 0.29) is 18.3 Å². The van der Waals surface area contributed by atoms with Crippen molar-refractivity contribution in [3.05, 3.63) is 53.9 Å². The van der Waals surface area contributed by atoms with Gasteiger partial charge in [0.2, 0.25) is 0 Å². The molecular weight excluding hydrogens is 315 g/mol. The van der Waals surface area contributed by atoms with Gasteiger partial charge in [0.15, 0.2) is 0 Å². The van der Waals surface area contributed by atoms with Crippen molar-refractivity contribution in [2.45, 2.75) is 38.9 Å². The average molecular weight is 336 g/mol. The van der Waals surface area contributed by atoms with E-state index >= 15 is 0 Å². The zero-order valence-corrected chi connectivity index (χ0v) is 15.3. The van der Waals surface area contributed by atoms with Crippen molar-refractivity contribution in [3.63, 3.8) is 0 Å². The van der Waals surface area contributed by atoms with E-state index in [9.17, 15) is 0 Å². The molecule has 4 rings (SSSR count). The summed E-state index contributed by atoms with van der Waals surface area (Å²) in [5.74, 6) is 0. The van der Waals surface area contributed by atoms with Gasteiger partial charge in [-0.3, -0.25) is 0 Å². The van der Waals surface area contributed by atoms with Crippen LogP contribution < -0.4 is 5.46 Å². The molecule has 0 aliphatic carbocycles. The van der Waals surface area contributed by atoms with E-state index in [1.54, 1.807) is 11.3 Å². The molecule has 1 fully saturated rings. The Labute approximate surface area is 147 Å². The molecular formula is C20H21BO2S. The summed E-state index contributed by atoms with van der Waals surface area (Å²) in [4.78, 5) is 0. The average Bonchev–Trinajstić information content (AvgIpc) is 3.06. The van der Waals surface area contributed by atoms with E-state index in [4.69, 9.17) is 9.31 Å². The summed E-state index contributed by atoms with van der Waals surface area (Å²) in [5.41, 5.74) is 2.92. The summed E-state index contributed by atoms with van der Waals surface area (Å²) in [5, 5.41) is 3.53. The van der Waals surface area contributed by atoms with Crippen LogP contribution in [0.1, 0.15) is 27.7 Å². The fraction of sp³-hybridized carbons (Fsp3) is 0.300. The minimum Gasteiger partial charge on any atom is -0.399 e. The van der Waals surface area contributed by atoms with Gasteiger partial charge in [0.05, 0.1) is 11.2 Å². The van der Waals surface area contributed by atoms with Gasteiger partial charge in [-0.15, -0.1) is 11.3 Å². The Morgan fingerprint density at radius 1 is 0.875 bits per heavy atom. The number of rotatable bonds is 2. The van der Waals surface area contributed by atoms with Gasteiger partial charge in [-0.25, -0.2) is 0 Å². The molecule has 0 amide bonds. The molecule has 24 heavy (non-hydrogen) atoms. The molecule has 2 heterocycles. The number of hydrogen-bond acceptors (Lipinski definition) is 3. The van der Waals surface area contributed by atoms with Crippen LogP contribution in [0.25, 0.3) is 21.2 Å². The fourth-order valence-electron chi connectivity index (χ4n) is 3.03. The van der Waals surface area contributed by atoms with Crippen LogP contribution in [0.2, 0.25) is 0 Å². The molecule has 0 saturated carbocycles. The Kier molecular flexibility index (Phi) is 3.61. The van der Waals surface area contributed by atoms with Crippen molar-refractivity contribution in [2.24, 2.45) is 0 Å². The van der Waals surface area contributed by atoms with Crippen LogP contribution in [0.5, 0.6) is 0 Å². The second-order valence-electron chi connectivity index (χ2n) is 7.36. The summed E-state index contributed by atoms with van der Waals surface area (Å²) < 4.78 is 13.7. The second kappa shape index (κ2) is 5.45. The van der Waals surface area contributed by atoms with Gasteiger partial charge in [-0.2, -0.15) is 0 Å². The minimum atomic E-state index is -0.320. The highest BCUT2D eigenvalue weighted by Gasteiger charge is 2.51. The van der Waals surface area contributed by atoms with Gasteiger partial charge < -0.3 is 9.31 Å². The lowest BCUT2D eigenvalue weighted by Crippen LogP contribution is -2.41. The maximum absolute atomic E-state index is 6.19. The molecule has 0 radical (unpaired) electrons. The summed E-state index contributed by atoms with van der Waals surface area (Å²) in [6, 6.07) is 17.0. The van der Waals surface area contributed by atoms with Crippen LogP contribution in [0.4, 0.5) is 0 Å². The third-order valence-corrected chi connectivity index (χ3v) is 6.17. The number of benzene rings is 2. The monoisotopic (exact) mass is 336 g/mol. The Bertz CT molecular complexity index is 881. The maximum atomic E-state index is 6.19. The highest BCUT2D eigenvalue weighted by Crippen LogP contribution is 2.37. The van der Waals surface area contributed by atoms with Crippen molar-refractivity contribution in [2.75, 3.05) is 0 Å². The lowest BCUT2D eigenvalue weighted by Gasteiger charge is -2.32. The van der Waals surface area contributed by atoms with Crippen molar-refractivity contribution >= 4 is 34.0 Å². The first kappa shape index (κ1) is 15.9. The van der Waals surface area contributed by atoms with Crippen LogP contribution >= 0.6 is 11.3 Å². The molecule has 2 aromatic carbocycles. The van der Waals surface area contributed by atoms with Gasteiger partial charge >= 0.3 is 7.12 Å². The molecule has 1 aliphatic rings.